The van der Waals surface area contributed by atoms with Crippen LogP contribution in [0.3, 0.4) is 0 Å². The van der Waals surface area contributed by atoms with E-state index in [-0.39, 0.29) is 13.2 Å². The molecule has 1 aliphatic heterocycles. The Kier molecular flexibility index (Phi) is 9.56. The van der Waals surface area contributed by atoms with Crippen LogP contribution in [0.15, 0.2) is 0 Å². The molecule has 6 heteroatoms. The molecule has 1 aliphatic rings. The molecule has 2 atom stereocenters. The Balaban J connectivity index is 2.37. The van der Waals surface area contributed by atoms with E-state index in [1.165, 1.54) is 13.0 Å². The number of nitrogens with zero attached hydrogens (tertiary/aromatic N) is 3. The van der Waals surface area contributed by atoms with Gasteiger partial charge in [0.15, 0.2) is 0 Å². The largest absolute Gasteiger partial charge is 0.395 e. The minimum Gasteiger partial charge on any atom is -0.395 e. The van der Waals surface area contributed by atoms with Gasteiger partial charge in [-0.3, -0.25) is 9.80 Å². The zero-order chi connectivity index (χ0) is 15.0. The topological polar surface area (TPSA) is 50.2 Å². The molecule has 0 aromatic rings. The van der Waals surface area contributed by atoms with E-state index in [1.807, 2.05) is 0 Å². The first-order chi connectivity index (χ1) is 9.58. The van der Waals surface area contributed by atoms with Gasteiger partial charge in [-0.05, 0) is 39.9 Å². The van der Waals surface area contributed by atoms with E-state index in [2.05, 4.69) is 51.4 Å². The van der Waals surface area contributed by atoms with Crippen LogP contribution in [0.4, 0.5) is 0 Å². The summed E-state index contributed by atoms with van der Waals surface area (Å²) >= 11 is 2.54. The zero-order valence-electron chi connectivity index (χ0n) is 12.8. The Morgan fingerprint density at radius 1 is 1.15 bits per heavy atom. The van der Waals surface area contributed by atoms with Gasteiger partial charge in [-0.1, -0.05) is 22.6 Å². The summed E-state index contributed by atoms with van der Waals surface area (Å²) in [7, 11) is 4.24. The lowest BCUT2D eigenvalue weighted by molar-refractivity contribution is 0.0710. The number of hydrogen-bond donors (Lipinski definition) is 2. The van der Waals surface area contributed by atoms with Gasteiger partial charge in [0.25, 0.3) is 0 Å². The summed E-state index contributed by atoms with van der Waals surface area (Å²) in [5.41, 5.74) is 0. The molecule has 2 N–H and O–H groups in total. The van der Waals surface area contributed by atoms with Crippen LogP contribution >= 0.6 is 22.6 Å². The number of alkyl halides is 1. The highest BCUT2D eigenvalue weighted by molar-refractivity contribution is 14.1. The molecule has 1 heterocycles. The summed E-state index contributed by atoms with van der Waals surface area (Å²) in [5.74, 6) is 0. The van der Waals surface area contributed by atoms with Gasteiger partial charge in [0, 0.05) is 32.2 Å². The summed E-state index contributed by atoms with van der Waals surface area (Å²) in [6, 6.07) is 0.501. The molecule has 1 fully saturated rings. The number of likely N-dealkylation sites (tertiary alicyclic amines) is 1. The van der Waals surface area contributed by atoms with E-state index in [9.17, 15) is 0 Å². The van der Waals surface area contributed by atoms with Crippen molar-refractivity contribution in [1.82, 2.24) is 14.7 Å². The molecule has 2 unspecified atom stereocenters. The van der Waals surface area contributed by atoms with Crippen LogP contribution in [-0.2, 0) is 0 Å². The molecular formula is C14H30IN3O2. The van der Waals surface area contributed by atoms with Crippen molar-refractivity contribution in [2.45, 2.75) is 29.4 Å². The number of hydrogen-bond acceptors (Lipinski definition) is 5. The molecule has 0 bridgehead atoms. The first-order valence-electron chi connectivity index (χ1n) is 7.57. The van der Waals surface area contributed by atoms with Gasteiger partial charge in [0.2, 0.25) is 0 Å². The predicted molar refractivity (Wildman–Crippen MR) is 91.3 cm³/mol. The van der Waals surface area contributed by atoms with E-state index in [1.54, 1.807) is 0 Å². The Bertz CT molecular complexity index is 251. The molecule has 0 spiro atoms. The smallest absolute Gasteiger partial charge is 0.0633 e. The highest BCUT2D eigenvalue weighted by atomic mass is 127. The van der Waals surface area contributed by atoms with Crippen LogP contribution in [0.5, 0.6) is 0 Å². The minimum absolute atomic E-state index is 0.176. The van der Waals surface area contributed by atoms with Crippen LogP contribution in [0, 0.1) is 0 Å². The van der Waals surface area contributed by atoms with Crippen molar-refractivity contribution in [2.24, 2.45) is 0 Å². The van der Waals surface area contributed by atoms with Crippen LogP contribution < -0.4 is 0 Å². The highest BCUT2D eigenvalue weighted by Crippen LogP contribution is 2.26. The van der Waals surface area contributed by atoms with Gasteiger partial charge in [-0.15, -0.1) is 0 Å². The molecule has 0 amide bonds. The summed E-state index contributed by atoms with van der Waals surface area (Å²) in [5, 5.41) is 18.3. The standard InChI is InChI=1S/C14H30IN3O2/c1-16(2)5-3-6-18-7-4-13(12-14(18)15)17(8-10-19)9-11-20/h13-14,19-20H,3-12H2,1-2H3. The van der Waals surface area contributed by atoms with Crippen molar-refractivity contribution in [3.63, 3.8) is 0 Å². The Hall–Kier alpha value is 0.530. The summed E-state index contributed by atoms with van der Waals surface area (Å²) in [4.78, 5) is 7.04. The van der Waals surface area contributed by atoms with Gasteiger partial charge in [0.05, 0.1) is 17.3 Å². The van der Waals surface area contributed by atoms with E-state index in [0.717, 1.165) is 25.9 Å². The molecular weight excluding hydrogens is 369 g/mol. The van der Waals surface area contributed by atoms with Gasteiger partial charge in [-0.25, -0.2) is 0 Å². The monoisotopic (exact) mass is 399 g/mol. The van der Waals surface area contributed by atoms with E-state index >= 15 is 0 Å². The molecule has 0 radical (unpaired) electrons. The molecule has 120 valence electrons. The number of aliphatic hydroxyl groups excluding tert-OH is 2. The lowest BCUT2D eigenvalue weighted by Crippen LogP contribution is -2.49. The Labute approximate surface area is 137 Å². The summed E-state index contributed by atoms with van der Waals surface area (Å²) in [6.45, 7) is 5.14. The number of halogens is 1. The van der Waals surface area contributed by atoms with E-state index in [4.69, 9.17) is 10.2 Å². The highest BCUT2D eigenvalue weighted by Gasteiger charge is 2.29. The minimum atomic E-state index is 0.176. The fourth-order valence-electron chi connectivity index (χ4n) is 2.85. The SMILES string of the molecule is CN(C)CCCN1CCC(N(CCO)CCO)CC1I. The molecule has 0 aliphatic carbocycles. The first kappa shape index (κ1) is 18.6. The third-order valence-electron chi connectivity index (χ3n) is 3.95. The second kappa shape index (κ2) is 10.3. The molecule has 1 rings (SSSR count). The molecule has 0 aromatic carbocycles. The van der Waals surface area contributed by atoms with Crippen molar-refractivity contribution in [2.75, 3.05) is 60.0 Å². The molecule has 1 saturated heterocycles. The average Bonchev–Trinajstić information content (AvgIpc) is 2.40. The quantitative estimate of drug-likeness (QED) is 0.335. The maximum absolute atomic E-state index is 9.14. The summed E-state index contributed by atoms with van der Waals surface area (Å²) in [6.07, 6.45) is 3.48. The molecule has 0 aromatic heterocycles. The van der Waals surface area contributed by atoms with Crippen LogP contribution in [0.1, 0.15) is 19.3 Å². The van der Waals surface area contributed by atoms with Crippen LogP contribution in [0.2, 0.25) is 0 Å². The van der Waals surface area contributed by atoms with E-state index in [0.29, 0.717) is 23.2 Å². The maximum atomic E-state index is 9.14. The van der Waals surface area contributed by atoms with Gasteiger partial charge in [-0.2, -0.15) is 0 Å². The lowest BCUT2D eigenvalue weighted by atomic mass is 10.0. The Morgan fingerprint density at radius 2 is 1.80 bits per heavy atom. The Morgan fingerprint density at radius 3 is 2.30 bits per heavy atom. The fraction of sp³-hybridized carbons (Fsp3) is 1.00. The average molecular weight is 399 g/mol. The zero-order valence-corrected chi connectivity index (χ0v) is 15.0. The third-order valence-corrected chi connectivity index (χ3v) is 5.25. The van der Waals surface area contributed by atoms with Crippen LogP contribution in [-0.4, -0.2) is 95.0 Å². The second-order valence-electron chi connectivity index (χ2n) is 5.79. The van der Waals surface area contributed by atoms with Crippen LogP contribution in [0.25, 0.3) is 0 Å². The molecule has 5 nitrogen and oxygen atoms in total. The third kappa shape index (κ3) is 6.53. The van der Waals surface area contributed by atoms with Crippen molar-refractivity contribution >= 4 is 22.6 Å². The van der Waals surface area contributed by atoms with Crippen molar-refractivity contribution < 1.29 is 10.2 Å². The number of piperidine rings is 1. The van der Waals surface area contributed by atoms with Gasteiger partial charge < -0.3 is 15.1 Å². The fourth-order valence-corrected chi connectivity index (χ4v) is 4.00. The number of aliphatic hydroxyl groups is 2. The van der Waals surface area contributed by atoms with Gasteiger partial charge in [0.1, 0.15) is 0 Å². The van der Waals surface area contributed by atoms with Gasteiger partial charge >= 0.3 is 0 Å². The number of rotatable bonds is 9. The van der Waals surface area contributed by atoms with E-state index < -0.39 is 0 Å². The van der Waals surface area contributed by atoms with Crippen molar-refractivity contribution in [1.29, 1.82) is 0 Å². The molecule has 20 heavy (non-hydrogen) atoms. The lowest BCUT2D eigenvalue weighted by Gasteiger charge is -2.41. The summed E-state index contributed by atoms with van der Waals surface area (Å²) < 4.78 is 0.563. The van der Waals surface area contributed by atoms with Crippen molar-refractivity contribution in [3.05, 3.63) is 0 Å². The maximum Gasteiger partial charge on any atom is 0.0633 e. The molecule has 0 saturated carbocycles. The second-order valence-corrected chi connectivity index (χ2v) is 7.23. The normalized spacial score (nSPS) is 24.8. The first-order valence-corrected chi connectivity index (χ1v) is 8.81. The predicted octanol–water partition coefficient (Wildman–Crippen LogP) is 0.450. The van der Waals surface area contributed by atoms with Crippen molar-refractivity contribution in [3.8, 4) is 0 Å².